The smallest absolute Gasteiger partial charge is 0.329 e. The highest BCUT2D eigenvalue weighted by Crippen LogP contribution is 2.15. The maximum Gasteiger partial charge on any atom is 0.329 e. The van der Waals surface area contributed by atoms with Gasteiger partial charge in [-0.15, -0.1) is 0 Å². The van der Waals surface area contributed by atoms with Gasteiger partial charge in [0.25, 0.3) is 0 Å². The summed E-state index contributed by atoms with van der Waals surface area (Å²) in [4.78, 5) is 18.5. The van der Waals surface area contributed by atoms with Crippen molar-refractivity contribution in [3.05, 3.63) is 83.9 Å². The average Bonchev–Trinajstić information content (AvgIpc) is 3.24. The number of aromatic nitrogens is 2. The van der Waals surface area contributed by atoms with Gasteiger partial charge in [0.15, 0.2) is 0 Å². The first-order valence-electron chi connectivity index (χ1n) is 8.92. The number of rotatable bonds is 8. The van der Waals surface area contributed by atoms with Crippen LogP contribution in [0.5, 0.6) is 5.75 Å². The van der Waals surface area contributed by atoms with Gasteiger partial charge in [0.05, 0.1) is 6.61 Å². The van der Waals surface area contributed by atoms with Crippen LogP contribution in [0.1, 0.15) is 12.0 Å². The molecule has 0 saturated heterocycles. The van der Waals surface area contributed by atoms with Crippen LogP contribution in [0, 0.1) is 0 Å². The first-order chi connectivity index (χ1) is 13.2. The van der Waals surface area contributed by atoms with Gasteiger partial charge in [-0.3, -0.25) is 4.57 Å². The van der Waals surface area contributed by atoms with E-state index in [1.54, 1.807) is 24.5 Å². The Morgan fingerprint density at radius 2 is 1.85 bits per heavy atom. The molecule has 3 rings (SSSR count). The zero-order chi connectivity index (χ0) is 18.9. The minimum atomic E-state index is -0.0741. The number of hydrogen-bond donors (Lipinski definition) is 0. The summed E-state index contributed by atoms with van der Waals surface area (Å²) in [7, 11) is 0. The number of imidazole rings is 1. The highest BCUT2D eigenvalue weighted by molar-refractivity contribution is 6.30. The third-order valence-electron chi connectivity index (χ3n) is 4.16. The van der Waals surface area contributed by atoms with Gasteiger partial charge in [-0.05, 0) is 42.7 Å². The quantitative estimate of drug-likeness (QED) is 0.537. The van der Waals surface area contributed by atoms with E-state index in [2.05, 4.69) is 17.1 Å². The van der Waals surface area contributed by atoms with Gasteiger partial charge in [0, 0.05) is 30.5 Å². The highest BCUT2D eigenvalue weighted by atomic mass is 35.5. The number of hydrogen-bond acceptors (Lipinski definition) is 3. The fraction of sp³-hybridized carbons (Fsp3) is 0.238. The van der Waals surface area contributed by atoms with E-state index in [4.69, 9.17) is 16.3 Å². The summed E-state index contributed by atoms with van der Waals surface area (Å²) < 4.78 is 7.23. The van der Waals surface area contributed by atoms with Gasteiger partial charge < -0.3 is 9.64 Å². The molecule has 0 atom stereocenters. The molecule has 1 aromatic heterocycles. The lowest BCUT2D eigenvalue weighted by molar-refractivity contribution is 0.193. The standard InChI is InChI=1S/C21H22ClN3O2/c22-19-7-9-20(10-8-19)27-16-4-13-24(21(26)25-15-12-23-17-25)14-11-18-5-2-1-3-6-18/h1-3,5-10,12,15,17H,4,11,13-14,16H2. The molecule has 0 aliphatic rings. The largest absolute Gasteiger partial charge is 0.494 e. The molecule has 0 aliphatic carbocycles. The van der Waals surface area contributed by atoms with E-state index in [0.29, 0.717) is 24.7 Å². The van der Waals surface area contributed by atoms with Gasteiger partial charge in [-0.2, -0.15) is 0 Å². The second-order valence-corrected chi connectivity index (χ2v) is 6.57. The lowest BCUT2D eigenvalue weighted by atomic mass is 10.1. The Hall–Kier alpha value is -2.79. The van der Waals surface area contributed by atoms with Crippen molar-refractivity contribution in [1.29, 1.82) is 0 Å². The molecule has 5 nitrogen and oxygen atoms in total. The maximum absolute atomic E-state index is 12.7. The molecule has 6 heteroatoms. The Balaban J connectivity index is 1.54. The molecule has 1 heterocycles. The third-order valence-corrected chi connectivity index (χ3v) is 4.42. The van der Waals surface area contributed by atoms with Crippen LogP contribution in [-0.4, -0.2) is 40.2 Å². The number of carbonyl (C=O) groups is 1. The number of benzene rings is 2. The molecule has 0 saturated carbocycles. The Kier molecular flexibility index (Phi) is 6.88. The van der Waals surface area contributed by atoms with Crippen LogP contribution in [0.3, 0.4) is 0 Å². The molecular weight excluding hydrogens is 362 g/mol. The fourth-order valence-corrected chi connectivity index (χ4v) is 2.85. The van der Waals surface area contributed by atoms with Crippen LogP contribution in [0.25, 0.3) is 0 Å². The van der Waals surface area contributed by atoms with Crippen molar-refractivity contribution in [2.75, 3.05) is 19.7 Å². The van der Waals surface area contributed by atoms with Crippen LogP contribution in [0.15, 0.2) is 73.3 Å². The summed E-state index contributed by atoms with van der Waals surface area (Å²) in [6, 6.07) is 17.4. The first kappa shape index (κ1) is 19.0. The lowest BCUT2D eigenvalue weighted by Crippen LogP contribution is -2.37. The molecular formula is C21H22ClN3O2. The van der Waals surface area contributed by atoms with Gasteiger partial charge >= 0.3 is 6.03 Å². The molecule has 2 aromatic carbocycles. The third kappa shape index (κ3) is 5.86. The van der Waals surface area contributed by atoms with E-state index in [0.717, 1.165) is 18.6 Å². The summed E-state index contributed by atoms with van der Waals surface area (Å²) in [5.41, 5.74) is 1.21. The van der Waals surface area contributed by atoms with E-state index in [1.807, 2.05) is 35.2 Å². The number of ether oxygens (including phenoxy) is 1. The molecule has 0 unspecified atom stereocenters. The predicted molar refractivity (Wildman–Crippen MR) is 106 cm³/mol. The zero-order valence-electron chi connectivity index (χ0n) is 15.0. The number of nitrogens with zero attached hydrogens (tertiary/aromatic N) is 3. The van der Waals surface area contributed by atoms with E-state index >= 15 is 0 Å². The molecule has 0 spiro atoms. The molecule has 27 heavy (non-hydrogen) atoms. The topological polar surface area (TPSA) is 47.4 Å². The zero-order valence-corrected chi connectivity index (χ0v) is 15.8. The summed E-state index contributed by atoms with van der Waals surface area (Å²) in [5.74, 6) is 0.774. The Bertz CT molecular complexity index is 820. The molecule has 140 valence electrons. The van der Waals surface area contributed by atoms with Gasteiger partial charge in [0.2, 0.25) is 0 Å². The van der Waals surface area contributed by atoms with Gasteiger partial charge in [-0.25, -0.2) is 9.78 Å². The van der Waals surface area contributed by atoms with Crippen molar-refractivity contribution in [1.82, 2.24) is 14.5 Å². The van der Waals surface area contributed by atoms with E-state index < -0.39 is 0 Å². The molecule has 1 amide bonds. The Labute approximate surface area is 164 Å². The van der Waals surface area contributed by atoms with Crippen molar-refractivity contribution in [2.45, 2.75) is 12.8 Å². The minimum absolute atomic E-state index is 0.0741. The van der Waals surface area contributed by atoms with Crippen LogP contribution in [-0.2, 0) is 6.42 Å². The SMILES string of the molecule is O=C(N(CCCOc1ccc(Cl)cc1)CCc1ccccc1)n1ccnc1. The van der Waals surface area contributed by atoms with Crippen LogP contribution >= 0.6 is 11.6 Å². The predicted octanol–water partition coefficient (Wildman–Crippen LogP) is 4.52. The van der Waals surface area contributed by atoms with Crippen LogP contribution in [0.2, 0.25) is 5.02 Å². The summed E-state index contributed by atoms with van der Waals surface area (Å²) in [6.07, 6.45) is 6.35. The molecule has 0 bridgehead atoms. The minimum Gasteiger partial charge on any atom is -0.494 e. The fourth-order valence-electron chi connectivity index (χ4n) is 2.72. The lowest BCUT2D eigenvalue weighted by Gasteiger charge is -2.23. The van der Waals surface area contributed by atoms with E-state index in [1.165, 1.54) is 16.5 Å². The van der Waals surface area contributed by atoms with Crippen molar-refractivity contribution in [2.24, 2.45) is 0 Å². The summed E-state index contributed by atoms with van der Waals surface area (Å²) in [6.45, 7) is 1.78. The molecule has 0 radical (unpaired) electrons. The number of carbonyl (C=O) groups excluding carboxylic acids is 1. The summed E-state index contributed by atoms with van der Waals surface area (Å²) >= 11 is 5.88. The second-order valence-electron chi connectivity index (χ2n) is 6.13. The normalized spacial score (nSPS) is 10.6. The van der Waals surface area contributed by atoms with Crippen LogP contribution in [0.4, 0.5) is 4.79 Å². The van der Waals surface area contributed by atoms with E-state index in [-0.39, 0.29) is 6.03 Å². The monoisotopic (exact) mass is 383 g/mol. The summed E-state index contributed by atoms with van der Waals surface area (Å²) in [5, 5.41) is 0.681. The molecule has 0 N–H and O–H groups in total. The van der Waals surface area contributed by atoms with Crippen molar-refractivity contribution >= 4 is 17.6 Å². The Morgan fingerprint density at radius 3 is 2.56 bits per heavy atom. The average molecular weight is 384 g/mol. The van der Waals surface area contributed by atoms with Crippen molar-refractivity contribution < 1.29 is 9.53 Å². The van der Waals surface area contributed by atoms with Crippen molar-refractivity contribution in [3.8, 4) is 5.75 Å². The highest BCUT2D eigenvalue weighted by Gasteiger charge is 2.15. The van der Waals surface area contributed by atoms with Crippen molar-refractivity contribution in [3.63, 3.8) is 0 Å². The van der Waals surface area contributed by atoms with E-state index in [9.17, 15) is 4.79 Å². The number of halogens is 1. The molecule has 3 aromatic rings. The van der Waals surface area contributed by atoms with Gasteiger partial charge in [0.1, 0.15) is 12.1 Å². The first-order valence-corrected chi connectivity index (χ1v) is 9.30. The molecule has 0 aliphatic heterocycles. The molecule has 0 fully saturated rings. The van der Waals surface area contributed by atoms with Gasteiger partial charge in [-0.1, -0.05) is 41.9 Å². The Morgan fingerprint density at radius 1 is 1.07 bits per heavy atom. The van der Waals surface area contributed by atoms with Crippen LogP contribution < -0.4 is 4.74 Å². The second kappa shape index (κ2) is 9.78. The maximum atomic E-state index is 12.7. The number of amides is 1.